The summed E-state index contributed by atoms with van der Waals surface area (Å²) in [4.78, 5) is 26.5. The van der Waals surface area contributed by atoms with E-state index in [0.29, 0.717) is 18.5 Å². The maximum atomic E-state index is 12.7. The third-order valence-corrected chi connectivity index (χ3v) is 5.80. The smallest absolute Gasteiger partial charge is 0.260 e. The van der Waals surface area contributed by atoms with Gasteiger partial charge in [-0.2, -0.15) is 0 Å². The number of benzene rings is 1. The third kappa shape index (κ3) is 4.91. The van der Waals surface area contributed by atoms with Crippen molar-refractivity contribution in [3.05, 3.63) is 35.4 Å². The Kier molecular flexibility index (Phi) is 7.18. The number of hydrogen-bond acceptors (Lipinski definition) is 2. The normalized spacial score (nSPS) is 16.4. The van der Waals surface area contributed by atoms with Gasteiger partial charge < -0.3 is 4.48 Å². The van der Waals surface area contributed by atoms with Crippen molar-refractivity contribution in [2.24, 2.45) is 0 Å². The van der Waals surface area contributed by atoms with E-state index in [0.717, 1.165) is 56.3 Å². The van der Waals surface area contributed by atoms with E-state index in [9.17, 15) is 9.59 Å². The van der Waals surface area contributed by atoms with Gasteiger partial charge in [-0.25, -0.2) is 0 Å². The van der Waals surface area contributed by atoms with Gasteiger partial charge in [0, 0.05) is 24.1 Å². The number of amides is 2. The summed E-state index contributed by atoms with van der Waals surface area (Å²) in [6, 6.07) is 7.88. The lowest BCUT2D eigenvalue weighted by Crippen LogP contribution is -2.46. The second-order valence-corrected chi connectivity index (χ2v) is 7.16. The third-order valence-electron chi connectivity index (χ3n) is 5.80. The van der Waals surface area contributed by atoms with Crippen LogP contribution in [0.5, 0.6) is 0 Å². The summed E-state index contributed by atoms with van der Waals surface area (Å²) in [7, 11) is 0. The minimum atomic E-state index is -0.138. The minimum Gasteiger partial charge on any atom is -0.321 e. The Morgan fingerprint density at radius 3 is 2.16 bits per heavy atom. The molecular weight excluding hydrogens is 312 g/mol. The number of rotatable bonds is 6. The van der Waals surface area contributed by atoms with Gasteiger partial charge in [-0.15, -0.1) is 0 Å². The van der Waals surface area contributed by atoms with Gasteiger partial charge in [0.2, 0.25) is 5.91 Å². The molecule has 138 valence electrons. The molecule has 4 heteroatoms. The summed E-state index contributed by atoms with van der Waals surface area (Å²) in [5.41, 5.74) is 1.88. The van der Waals surface area contributed by atoms with Gasteiger partial charge in [-0.05, 0) is 45.7 Å². The molecule has 1 aromatic carbocycles. The van der Waals surface area contributed by atoms with E-state index >= 15 is 0 Å². The zero-order valence-corrected chi connectivity index (χ0v) is 16.1. The molecule has 1 aliphatic rings. The monoisotopic (exact) mass is 345 g/mol. The molecule has 2 amide bonds. The molecule has 1 aliphatic heterocycles. The second kappa shape index (κ2) is 9.14. The zero-order chi connectivity index (χ0) is 18.3. The topological polar surface area (TPSA) is 37.4 Å². The number of imide groups is 1. The molecule has 0 saturated carbocycles. The molecule has 1 aromatic rings. The highest BCUT2D eigenvalue weighted by atomic mass is 16.2. The molecule has 1 fully saturated rings. The summed E-state index contributed by atoms with van der Waals surface area (Å²) >= 11 is 0. The molecule has 0 unspecified atom stereocenters. The number of hydrogen-bond donors (Lipinski definition) is 0. The highest BCUT2D eigenvalue weighted by molar-refractivity contribution is 6.04. The predicted octanol–water partition coefficient (Wildman–Crippen LogP) is 4.00. The van der Waals surface area contributed by atoms with Crippen LogP contribution in [-0.2, 0) is 11.3 Å². The average molecular weight is 346 g/mol. The summed E-state index contributed by atoms with van der Waals surface area (Å²) in [6.45, 7) is 11.6. The zero-order valence-electron chi connectivity index (χ0n) is 16.1. The van der Waals surface area contributed by atoms with Crippen LogP contribution in [0.15, 0.2) is 24.3 Å². The van der Waals surface area contributed by atoms with Crippen LogP contribution in [0.3, 0.4) is 0 Å². The summed E-state index contributed by atoms with van der Waals surface area (Å²) in [5.74, 6) is -0.159. The largest absolute Gasteiger partial charge is 0.321 e. The molecule has 0 spiro atoms. The van der Waals surface area contributed by atoms with Gasteiger partial charge in [-0.3, -0.25) is 14.5 Å². The summed E-state index contributed by atoms with van der Waals surface area (Å²) in [6.07, 6.45) is 4.49. The first-order valence-corrected chi connectivity index (χ1v) is 9.84. The van der Waals surface area contributed by atoms with Crippen LogP contribution in [0.25, 0.3) is 0 Å². The van der Waals surface area contributed by atoms with E-state index in [2.05, 4.69) is 32.9 Å². The SMILES string of the molecule is CC[N+](CC)(CC)Cc1ccc(C(=O)N2CCCCCCC2=O)cc1. The highest BCUT2D eigenvalue weighted by Gasteiger charge is 2.24. The molecular formula is C21H33N2O2+. The van der Waals surface area contributed by atoms with E-state index < -0.39 is 0 Å². The van der Waals surface area contributed by atoms with Crippen LogP contribution >= 0.6 is 0 Å². The van der Waals surface area contributed by atoms with Gasteiger partial charge in [-0.1, -0.05) is 25.0 Å². The molecule has 4 nitrogen and oxygen atoms in total. The minimum absolute atomic E-state index is 0.0209. The van der Waals surface area contributed by atoms with Crippen molar-refractivity contribution in [1.82, 2.24) is 4.90 Å². The predicted molar refractivity (Wildman–Crippen MR) is 101 cm³/mol. The first-order chi connectivity index (χ1) is 12.0. The molecule has 0 radical (unpaired) electrons. The van der Waals surface area contributed by atoms with Gasteiger partial charge in [0.1, 0.15) is 6.54 Å². The van der Waals surface area contributed by atoms with Crippen molar-refractivity contribution < 1.29 is 14.1 Å². The van der Waals surface area contributed by atoms with E-state index in [1.807, 2.05) is 12.1 Å². The number of carbonyl (C=O) groups is 2. The molecule has 0 N–H and O–H groups in total. The second-order valence-electron chi connectivity index (χ2n) is 7.16. The average Bonchev–Trinajstić information content (AvgIpc) is 2.63. The number of carbonyl (C=O) groups excluding carboxylic acids is 2. The van der Waals surface area contributed by atoms with Crippen LogP contribution in [0, 0.1) is 0 Å². The summed E-state index contributed by atoms with van der Waals surface area (Å²) < 4.78 is 1.05. The van der Waals surface area contributed by atoms with Crippen LogP contribution in [0.2, 0.25) is 0 Å². The van der Waals surface area contributed by atoms with Crippen molar-refractivity contribution in [3.63, 3.8) is 0 Å². The Morgan fingerprint density at radius 2 is 1.56 bits per heavy atom. The number of nitrogens with zero attached hydrogens (tertiary/aromatic N) is 2. The molecule has 0 aliphatic carbocycles. The maximum absolute atomic E-state index is 12.7. The Bertz CT molecular complexity index is 568. The van der Waals surface area contributed by atoms with Crippen LogP contribution < -0.4 is 0 Å². The Hall–Kier alpha value is -1.68. The van der Waals surface area contributed by atoms with Crippen LogP contribution in [-0.4, -0.2) is 47.4 Å². The van der Waals surface area contributed by atoms with Gasteiger partial charge >= 0.3 is 0 Å². The molecule has 0 aromatic heterocycles. The molecule has 2 rings (SSSR count). The lowest BCUT2D eigenvalue weighted by atomic mass is 10.1. The van der Waals surface area contributed by atoms with Crippen molar-refractivity contribution >= 4 is 11.8 Å². The Morgan fingerprint density at radius 1 is 0.960 bits per heavy atom. The number of quaternary nitrogens is 1. The summed E-state index contributed by atoms with van der Waals surface area (Å²) in [5, 5.41) is 0. The lowest BCUT2D eigenvalue weighted by molar-refractivity contribution is -0.936. The fourth-order valence-corrected chi connectivity index (χ4v) is 3.68. The Balaban J connectivity index is 2.10. The molecule has 0 bridgehead atoms. The molecule has 0 atom stereocenters. The fourth-order valence-electron chi connectivity index (χ4n) is 3.68. The van der Waals surface area contributed by atoms with Gasteiger partial charge in [0.05, 0.1) is 19.6 Å². The highest BCUT2D eigenvalue weighted by Crippen LogP contribution is 2.18. The van der Waals surface area contributed by atoms with E-state index in [1.165, 1.54) is 10.5 Å². The lowest BCUT2D eigenvalue weighted by Gasteiger charge is -2.36. The van der Waals surface area contributed by atoms with Crippen LogP contribution in [0.4, 0.5) is 0 Å². The van der Waals surface area contributed by atoms with E-state index in [1.54, 1.807) is 0 Å². The number of likely N-dealkylation sites (tertiary alicyclic amines) is 1. The maximum Gasteiger partial charge on any atom is 0.260 e. The van der Waals surface area contributed by atoms with Crippen molar-refractivity contribution in [1.29, 1.82) is 0 Å². The van der Waals surface area contributed by atoms with Gasteiger partial charge in [0.15, 0.2) is 0 Å². The van der Waals surface area contributed by atoms with Crippen molar-refractivity contribution in [3.8, 4) is 0 Å². The van der Waals surface area contributed by atoms with Gasteiger partial charge in [0.25, 0.3) is 5.91 Å². The standard InChI is InChI=1S/C21H33N2O2/c1-4-23(5-2,6-3)17-18-12-14-19(15-13-18)21(25)22-16-10-8-7-9-11-20(22)24/h12-15H,4-11,16-17H2,1-3H3/q+1. The van der Waals surface area contributed by atoms with Crippen molar-refractivity contribution in [2.75, 3.05) is 26.2 Å². The van der Waals surface area contributed by atoms with Crippen molar-refractivity contribution in [2.45, 2.75) is 59.4 Å². The fraction of sp³-hybridized carbons (Fsp3) is 0.619. The first kappa shape index (κ1) is 19.6. The molecule has 25 heavy (non-hydrogen) atoms. The first-order valence-electron chi connectivity index (χ1n) is 9.84. The molecule has 1 saturated heterocycles. The quantitative estimate of drug-likeness (QED) is 0.577. The Labute approximate surface area is 152 Å². The van der Waals surface area contributed by atoms with E-state index in [-0.39, 0.29) is 11.8 Å². The van der Waals surface area contributed by atoms with E-state index in [4.69, 9.17) is 0 Å². The molecule has 1 heterocycles. The van der Waals surface area contributed by atoms with Crippen LogP contribution in [0.1, 0.15) is 68.8 Å².